The summed E-state index contributed by atoms with van der Waals surface area (Å²) in [6.07, 6.45) is -0.501. The lowest BCUT2D eigenvalue weighted by Gasteiger charge is -2.26. The number of carbonyl (C=O) groups is 1. The Balaban J connectivity index is 2.05. The van der Waals surface area contributed by atoms with Crippen molar-refractivity contribution < 1.29 is 37.0 Å². The molecule has 0 unspecified atom stereocenters. The van der Waals surface area contributed by atoms with Gasteiger partial charge >= 0.3 is 5.97 Å². The largest absolute Gasteiger partial charge is 0.502 e. The number of carbonyl (C=O) groups excluding carboxylic acids is 1. The van der Waals surface area contributed by atoms with Crippen LogP contribution >= 0.6 is 0 Å². The zero-order valence-corrected chi connectivity index (χ0v) is 16.1. The van der Waals surface area contributed by atoms with Crippen LogP contribution in [0.25, 0.3) is 0 Å². The first-order valence-electron chi connectivity index (χ1n) is 9.17. The average Bonchev–Trinajstić information content (AvgIpc) is 2.73. The Hall–Kier alpha value is -2.85. The van der Waals surface area contributed by atoms with Gasteiger partial charge in [0.25, 0.3) is 0 Å². The second-order valence-electron chi connectivity index (χ2n) is 6.81. The Morgan fingerprint density at radius 3 is 2.43 bits per heavy atom. The van der Waals surface area contributed by atoms with Crippen LogP contribution in [-0.4, -0.2) is 49.4 Å². The number of ether oxygens (including phenoxy) is 2. The van der Waals surface area contributed by atoms with Gasteiger partial charge in [-0.25, -0.2) is 13.2 Å². The quantitative estimate of drug-likeness (QED) is 0.559. The number of halogens is 3. The monoisotopic (exact) mass is 427 g/mol. The minimum Gasteiger partial charge on any atom is -0.502 e. The third-order valence-electron chi connectivity index (χ3n) is 4.81. The van der Waals surface area contributed by atoms with Gasteiger partial charge in [-0.05, 0) is 17.7 Å². The van der Waals surface area contributed by atoms with Crippen molar-refractivity contribution in [1.82, 2.24) is 4.90 Å². The zero-order chi connectivity index (χ0) is 21.8. The highest BCUT2D eigenvalue weighted by atomic mass is 19.2. The van der Waals surface area contributed by atoms with E-state index in [1.807, 2.05) is 4.90 Å². The predicted molar refractivity (Wildman–Crippen MR) is 97.5 cm³/mol. The number of rotatable bonds is 6. The van der Waals surface area contributed by atoms with E-state index in [2.05, 4.69) is 4.74 Å². The molecule has 1 atom stereocenters. The van der Waals surface area contributed by atoms with Crippen LogP contribution in [0, 0.1) is 17.5 Å². The number of morpholine rings is 1. The molecule has 0 amide bonds. The topological polar surface area (TPSA) is 89.2 Å². The van der Waals surface area contributed by atoms with Gasteiger partial charge in [-0.2, -0.15) is 0 Å². The normalized spacial score (nSPS) is 15.7. The summed E-state index contributed by atoms with van der Waals surface area (Å²) in [7, 11) is 1.11. The van der Waals surface area contributed by atoms with Gasteiger partial charge in [-0.15, -0.1) is 0 Å². The maximum Gasteiger partial charge on any atom is 0.306 e. The van der Waals surface area contributed by atoms with Crippen molar-refractivity contribution in [2.45, 2.75) is 18.9 Å². The fourth-order valence-corrected chi connectivity index (χ4v) is 3.24. The van der Waals surface area contributed by atoms with Gasteiger partial charge in [-0.1, -0.05) is 0 Å². The third-order valence-corrected chi connectivity index (χ3v) is 4.81. The molecule has 0 aliphatic carbocycles. The van der Waals surface area contributed by atoms with E-state index in [1.54, 1.807) is 0 Å². The molecule has 1 fully saturated rings. The highest BCUT2D eigenvalue weighted by Gasteiger charge is 2.29. The smallest absolute Gasteiger partial charge is 0.306 e. The highest BCUT2D eigenvalue weighted by Crippen LogP contribution is 2.34. The van der Waals surface area contributed by atoms with Gasteiger partial charge in [0.2, 0.25) is 11.2 Å². The molecule has 2 aromatic rings. The van der Waals surface area contributed by atoms with Crippen LogP contribution in [0.5, 0.6) is 5.75 Å². The van der Waals surface area contributed by atoms with Gasteiger partial charge in [0, 0.05) is 19.2 Å². The fraction of sp³-hybridized carbons (Fsp3) is 0.400. The zero-order valence-electron chi connectivity index (χ0n) is 16.1. The van der Waals surface area contributed by atoms with Crippen molar-refractivity contribution in [1.29, 1.82) is 0 Å². The molecule has 1 aromatic carbocycles. The summed E-state index contributed by atoms with van der Waals surface area (Å²) in [6, 6.07) is 2.47. The van der Waals surface area contributed by atoms with Crippen molar-refractivity contribution in [2.75, 3.05) is 33.4 Å². The van der Waals surface area contributed by atoms with Gasteiger partial charge < -0.3 is 19.0 Å². The molecule has 2 heterocycles. The summed E-state index contributed by atoms with van der Waals surface area (Å²) in [6.45, 7) is 2.44. The van der Waals surface area contributed by atoms with Crippen molar-refractivity contribution in [3.8, 4) is 5.75 Å². The lowest BCUT2D eigenvalue weighted by molar-refractivity contribution is -0.140. The van der Waals surface area contributed by atoms with E-state index < -0.39 is 46.9 Å². The van der Waals surface area contributed by atoms with Crippen LogP contribution < -0.4 is 5.43 Å². The molecule has 0 bridgehead atoms. The standard InChI is InChI=1S/C20H20F3NO6/c1-28-17(26)9-13(11-6-14(21)18(23)15(22)7-11)20-19(27)16(25)8-12(30-20)10-24-2-4-29-5-3-24/h6-8,13,27H,2-5,9-10H2,1H3/t13-/m1/s1. The molecular formula is C20H20F3NO6. The number of nitrogens with zero attached hydrogens (tertiary/aromatic N) is 1. The van der Waals surface area contributed by atoms with Gasteiger partial charge in [0.15, 0.2) is 23.2 Å². The first-order chi connectivity index (χ1) is 14.3. The molecule has 7 nitrogen and oxygen atoms in total. The molecule has 1 saturated heterocycles. The Labute approximate surface area is 169 Å². The van der Waals surface area contributed by atoms with E-state index in [9.17, 15) is 27.9 Å². The molecule has 10 heteroatoms. The van der Waals surface area contributed by atoms with E-state index in [0.717, 1.165) is 13.2 Å². The van der Waals surface area contributed by atoms with E-state index >= 15 is 0 Å². The number of methoxy groups -OCH3 is 1. The Kier molecular flexibility index (Phi) is 6.78. The Bertz CT molecular complexity index is 964. The molecule has 1 aromatic heterocycles. The first-order valence-corrected chi connectivity index (χ1v) is 9.17. The molecule has 3 rings (SSSR count). The average molecular weight is 427 g/mol. The Morgan fingerprint density at radius 1 is 1.20 bits per heavy atom. The second kappa shape index (κ2) is 9.31. The lowest BCUT2D eigenvalue weighted by Crippen LogP contribution is -2.35. The lowest BCUT2D eigenvalue weighted by atomic mass is 9.92. The predicted octanol–water partition coefficient (Wildman–Crippen LogP) is 2.29. The summed E-state index contributed by atoms with van der Waals surface area (Å²) >= 11 is 0. The number of hydrogen-bond acceptors (Lipinski definition) is 7. The first kappa shape index (κ1) is 21.8. The maximum atomic E-state index is 13.8. The van der Waals surface area contributed by atoms with Crippen molar-refractivity contribution in [3.05, 3.63) is 63.0 Å². The van der Waals surface area contributed by atoms with Crippen LogP contribution in [-0.2, 0) is 20.8 Å². The van der Waals surface area contributed by atoms with Crippen molar-refractivity contribution >= 4 is 5.97 Å². The molecule has 1 aliphatic heterocycles. The van der Waals surface area contributed by atoms with Gasteiger partial charge in [0.05, 0.1) is 39.2 Å². The molecule has 0 radical (unpaired) electrons. The van der Waals surface area contributed by atoms with Crippen LogP contribution in [0.15, 0.2) is 27.4 Å². The maximum absolute atomic E-state index is 13.8. The van der Waals surface area contributed by atoms with E-state index in [-0.39, 0.29) is 23.6 Å². The third kappa shape index (κ3) is 4.82. The molecule has 0 saturated carbocycles. The van der Waals surface area contributed by atoms with Gasteiger partial charge in [-0.3, -0.25) is 14.5 Å². The van der Waals surface area contributed by atoms with Crippen LogP contribution in [0.3, 0.4) is 0 Å². The van der Waals surface area contributed by atoms with E-state index in [0.29, 0.717) is 38.4 Å². The Morgan fingerprint density at radius 2 is 1.83 bits per heavy atom. The van der Waals surface area contributed by atoms with Crippen molar-refractivity contribution in [3.63, 3.8) is 0 Å². The summed E-state index contributed by atoms with van der Waals surface area (Å²) in [4.78, 5) is 26.2. The molecule has 1 aliphatic rings. The number of benzene rings is 1. The summed E-state index contributed by atoms with van der Waals surface area (Å²) in [5.41, 5.74) is -0.976. The molecule has 0 spiro atoms. The number of aromatic hydroxyl groups is 1. The molecular weight excluding hydrogens is 407 g/mol. The summed E-state index contributed by atoms with van der Waals surface area (Å²) in [5.74, 6) is -7.68. The van der Waals surface area contributed by atoms with Crippen LogP contribution in [0.1, 0.15) is 29.4 Å². The molecule has 162 valence electrons. The number of hydrogen-bond donors (Lipinski definition) is 1. The minimum atomic E-state index is -1.68. The summed E-state index contributed by atoms with van der Waals surface area (Å²) < 4.78 is 56.5. The number of esters is 1. The molecule has 30 heavy (non-hydrogen) atoms. The minimum absolute atomic E-state index is 0.188. The fourth-order valence-electron chi connectivity index (χ4n) is 3.24. The van der Waals surface area contributed by atoms with Crippen LogP contribution in [0.4, 0.5) is 13.2 Å². The van der Waals surface area contributed by atoms with Gasteiger partial charge in [0.1, 0.15) is 5.76 Å². The second-order valence-corrected chi connectivity index (χ2v) is 6.81. The highest BCUT2D eigenvalue weighted by molar-refractivity contribution is 5.71. The summed E-state index contributed by atoms with van der Waals surface area (Å²) in [5, 5.41) is 10.3. The van der Waals surface area contributed by atoms with E-state index in [1.165, 1.54) is 0 Å². The SMILES string of the molecule is COC(=O)C[C@H](c1cc(F)c(F)c(F)c1)c1oc(CN2CCOCC2)cc(=O)c1O. The van der Waals surface area contributed by atoms with E-state index in [4.69, 9.17) is 9.15 Å². The van der Waals surface area contributed by atoms with Crippen molar-refractivity contribution in [2.24, 2.45) is 0 Å². The van der Waals surface area contributed by atoms with Crippen LogP contribution in [0.2, 0.25) is 0 Å². The molecule has 1 N–H and O–H groups in total.